The maximum absolute atomic E-state index is 11.9. The Morgan fingerprint density at radius 2 is 1.76 bits per heavy atom. The molecule has 0 unspecified atom stereocenters. The number of rotatable bonds is 5. The Kier molecular flexibility index (Phi) is 5.62. The van der Waals surface area contributed by atoms with Gasteiger partial charge in [-0.15, -0.1) is 0 Å². The predicted molar refractivity (Wildman–Crippen MR) is 86.7 cm³/mol. The van der Waals surface area contributed by atoms with Gasteiger partial charge in [-0.25, -0.2) is 0 Å². The molecule has 0 radical (unpaired) electrons. The second-order valence-corrected chi connectivity index (χ2v) is 5.72. The van der Waals surface area contributed by atoms with Crippen LogP contribution in [0.5, 0.6) is 0 Å². The number of halogens is 2. The molecule has 1 atom stereocenters. The Balaban J connectivity index is 1.87. The number of nitrogens with one attached hydrogen (secondary N) is 1. The fraction of sp³-hybridized carbons (Fsp3) is 0.188. The van der Waals surface area contributed by atoms with Crippen LogP contribution in [0, 0.1) is 0 Å². The summed E-state index contributed by atoms with van der Waals surface area (Å²) < 4.78 is 0. The van der Waals surface area contributed by atoms with E-state index in [4.69, 9.17) is 23.2 Å². The average molecular weight is 324 g/mol. The van der Waals surface area contributed by atoms with Gasteiger partial charge in [-0.1, -0.05) is 53.5 Å². The Bertz CT molecular complexity index is 597. The van der Waals surface area contributed by atoms with Crippen molar-refractivity contribution in [2.24, 2.45) is 0 Å². The number of carbonyl (C=O) groups is 1. The van der Waals surface area contributed by atoms with Gasteiger partial charge in [-0.05, 0) is 25.1 Å². The Labute approximate surface area is 134 Å². The predicted octanol–water partition coefficient (Wildman–Crippen LogP) is 3.26. The number of amides is 1. The summed E-state index contributed by atoms with van der Waals surface area (Å²) in [7, 11) is 0. The number of hydrogen-bond donors (Lipinski definition) is 2. The van der Waals surface area contributed by atoms with E-state index >= 15 is 0 Å². The van der Waals surface area contributed by atoms with Gasteiger partial charge in [0.15, 0.2) is 6.54 Å². The van der Waals surface area contributed by atoms with E-state index in [2.05, 4.69) is 24.4 Å². The summed E-state index contributed by atoms with van der Waals surface area (Å²) in [5.41, 5.74) is 1.80. The van der Waals surface area contributed by atoms with Crippen LogP contribution in [0.15, 0.2) is 48.5 Å². The van der Waals surface area contributed by atoms with Gasteiger partial charge in [0.25, 0.3) is 5.91 Å². The van der Waals surface area contributed by atoms with E-state index in [0.717, 1.165) is 0 Å². The van der Waals surface area contributed by atoms with Gasteiger partial charge in [0.1, 0.15) is 6.04 Å². The van der Waals surface area contributed by atoms with E-state index < -0.39 is 0 Å². The third-order valence-electron chi connectivity index (χ3n) is 3.13. The number of carbonyl (C=O) groups excluding carboxylic acids is 1. The zero-order valence-electron chi connectivity index (χ0n) is 11.6. The van der Waals surface area contributed by atoms with Crippen LogP contribution in [0.25, 0.3) is 0 Å². The van der Waals surface area contributed by atoms with E-state index in [9.17, 15) is 4.79 Å². The smallest absolute Gasteiger partial charge is 0.279 e. The van der Waals surface area contributed by atoms with Gasteiger partial charge in [0.2, 0.25) is 0 Å². The zero-order chi connectivity index (χ0) is 15.2. The van der Waals surface area contributed by atoms with Crippen molar-refractivity contribution in [3.05, 3.63) is 64.1 Å². The van der Waals surface area contributed by atoms with E-state index in [1.54, 1.807) is 18.2 Å². The number of quaternary nitrogens is 1. The minimum atomic E-state index is -0.0869. The zero-order valence-corrected chi connectivity index (χ0v) is 13.2. The Morgan fingerprint density at radius 1 is 1.14 bits per heavy atom. The summed E-state index contributed by atoms with van der Waals surface area (Å²) in [6.07, 6.45) is 0. The topological polar surface area (TPSA) is 45.7 Å². The molecule has 0 heterocycles. The number of benzene rings is 2. The summed E-state index contributed by atoms with van der Waals surface area (Å²) in [6, 6.07) is 15.3. The number of anilines is 1. The first-order valence-electron chi connectivity index (χ1n) is 6.69. The highest BCUT2D eigenvalue weighted by atomic mass is 35.5. The van der Waals surface area contributed by atoms with Gasteiger partial charge in [0.05, 0.1) is 0 Å². The third-order valence-corrected chi connectivity index (χ3v) is 3.56. The van der Waals surface area contributed by atoms with Crippen molar-refractivity contribution in [1.82, 2.24) is 0 Å². The van der Waals surface area contributed by atoms with Gasteiger partial charge < -0.3 is 10.6 Å². The highest BCUT2D eigenvalue weighted by Crippen LogP contribution is 2.22. The molecule has 0 spiro atoms. The first-order valence-corrected chi connectivity index (χ1v) is 7.44. The van der Waals surface area contributed by atoms with Gasteiger partial charge >= 0.3 is 0 Å². The molecule has 5 heteroatoms. The standard InChI is InChI=1S/C16H16Cl2N2O/c1-11(12-5-3-2-4-6-12)19-10-16(21)20-15-8-13(17)7-14(18)9-15/h2-9,11,19H,10H2,1H3,(H,20,21)/p+1/t11-/m0/s1. The number of hydrogen-bond acceptors (Lipinski definition) is 1. The van der Waals surface area contributed by atoms with Crippen LogP contribution in [0.1, 0.15) is 18.5 Å². The van der Waals surface area contributed by atoms with Gasteiger partial charge in [-0.3, -0.25) is 4.79 Å². The maximum Gasteiger partial charge on any atom is 0.279 e. The lowest BCUT2D eigenvalue weighted by Crippen LogP contribution is -2.86. The van der Waals surface area contributed by atoms with Crippen LogP contribution in [0.2, 0.25) is 10.0 Å². The highest BCUT2D eigenvalue weighted by molar-refractivity contribution is 6.35. The lowest BCUT2D eigenvalue weighted by Gasteiger charge is -2.11. The van der Waals surface area contributed by atoms with Crippen LogP contribution < -0.4 is 10.6 Å². The highest BCUT2D eigenvalue weighted by Gasteiger charge is 2.11. The Morgan fingerprint density at radius 3 is 2.38 bits per heavy atom. The van der Waals surface area contributed by atoms with Crippen LogP contribution in [0.3, 0.4) is 0 Å². The molecule has 0 aromatic heterocycles. The van der Waals surface area contributed by atoms with E-state index in [1.807, 2.05) is 23.5 Å². The van der Waals surface area contributed by atoms with Crippen molar-refractivity contribution < 1.29 is 10.1 Å². The minimum Gasteiger partial charge on any atom is -0.333 e. The lowest BCUT2D eigenvalue weighted by molar-refractivity contribution is -0.682. The van der Waals surface area contributed by atoms with Crippen molar-refractivity contribution >= 4 is 34.8 Å². The molecule has 3 nitrogen and oxygen atoms in total. The van der Waals surface area contributed by atoms with Crippen molar-refractivity contribution in [1.29, 1.82) is 0 Å². The molecule has 1 amide bonds. The van der Waals surface area contributed by atoms with Crippen molar-refractivity contribution in [3.63, 3.8) is 0 Å². The molecular formula is C16H17Cl2N2O+. The second kappa shape index (κ2) is 7.46. The lowest BCUT2D eigenvalue weighted by atomic mass is 10.1. The van der Waals surface area contributed by atoms with Gasteiger partial charge in [-0.2, -0.15) is 0 Å². The van der Waals surface area contributed by atoms with E-state index in [0.29, 0.717) is 22.3 Å². The largest absolute Gasteiger partial charge is 0.333 e. The molecule has 0 aliphatic rings. The van der Waals surface area contributed by atoms with Crippen molar-refractivity contribution in [2.45, 2.75) is 13.0 Å². The molecule has 0 aliphatic carbocycles. The quantitative estimate of drug-likeness (QED) is 0.871. The fourth-order valence-corrected chi connectivity index (χ4v) is 2.54. The molecule has 21 heavy (non-hydrogen) atoms. The molecule has 2 aromatic carbocycles. The Hall–Kier alpha value is -1.55. The average Bonchev–Trinajstić information content (AvgIpc) is 2.44. The molecular weight excluding hydrogens is 307 g/mol. The monoisotopic (exact) mass is 323 g/mol. The molecule has 3 N–H and O–H groups in total. The molecule has 0 fully saturated rings. The summed E-state index contributed by atoms with van der Waals surface area (Å²) in [6.45, 7) is 2.40. The van der Waals surface area contributed by atoms with Crippen LogP contribution in [-0.2, 0) is 4.79 Å². The summed E-state index contributed by atoms with van der Waals surface area (Å²) in [4.78, 5) is 11.9. The maximum atomic E-state index is 11.9. The third kappa shape index (κ3) is 5.05. The second-order valence-electron chi connectivity index (χ2n) is 4.85. The van der Waals surface area contributed by atoms with Crippen molar-refractivity contribution in [3.8, 4) is 0 Å². The first-order chi connectivity index (χ1) is 10.0. The molecule has 0 aliphatic heterocycles. The molecule has 0 saturated heterocycles. The van der Waals surface area contributed by atoms with Crippen molar-refractivity contribution in [2.75, 3.05) is 11.9 Å². The van der Waals surface area contributed by atoms with Gasteiger partial charge in [0, 0.05) is 21.3 Å². The molecule has 2 aromatic rings. The first kappa shape index (κ1) is 15.8. The minimum absolute atomic E-state index is 0.0869. The summed E-state index contributed by atoms with van der Waals surface area (Å²) >= 11 is 11.8. The van der Waals surface area contributed by atoms with Crippen LogP contribution in [0.4, 0.5) is 5.69 Å². The molecule has 110 valence electrons. The normalized spacial score (nSPS) is 12.0. The van der Waals surface area contributed by atoms with E-state index in [-0.39, 0.29) is 11.9 Å². The fourth-order valence-electron chi connectivity index (χ4n) is 2.01. The molecule has 2 rings (SSSR count). The SMILES string of the molecule is C[C@H]([NH2+]CC(=O)Nc1cc(Cl)cc(Cl)c1)c1ccccc1. The molecule has 0 saturated carbocycles. The van der Waals surface area contributed by atoms with Crippen LogP contribution in [-0.4, -0.2) is 12.5 Å². The molecule has 0 bridgehead atoms. The number of nitrogens with two attached hydrogens (primary N) is 1. The van der Waals surface area contributed by atoms with E-state index in [1.165, 1.54) is 5.56 Å². The summed E-state index contributed by atoms with van der Waals surface area (Å²) in [5, 5.41) is 5.77. The van der Waals surface area contributed by atoms with Crippen LogP contribution >= 0.6 is 23.2 Å². The summed E-state index contributed by atoms with van der Waals surface area (Å²) in [5.74, 6) is -0.0869.